The molecule has 3 N–H and O–H groups in total. The number of hydrogen-bond donors (Lipinski definition) is 2. The van der Waals surface area contributed by atoms with E-state index in [1.807, 2.05) is 0 Å². The van der Waals surface area contributed by atoms with Crippen LogP contribution in [-0.4, -0.2) is 13.1 Å². The van der Waals surface area contributed by atoms with Crippen LogP contribution in [0.3, 0.4) is 0 Å². The van der Waals surface area contributed by atoms with Crippen molar-refractivity contribution in [3.05, 3.63) is 4.91 Å². The minimum atomic E-state index is 0. The van der Waals surface area contributed by atoms with Crippen molar-refractivity contribution in [2.75, 3.05) is 13.1 Å². The standard InChI is InChI=1S/C2H7N3O2.Ru/c3-1-2-4-7-5-6;/h4H,1-3H2;. The van der Waals surface area contributed by atoms with Crippen molar-refractivity contribution in [1.82, 2.24) is 5.48 Å². The third-order valence-corrected chi connectivity index (χ3v) is 0.348. The molecule has 0 atom stereocenters. The maximum Gasteiger partial charge on any atom is 0.176 e. The Labute approximate surface area is 59.6 Å². The fourth-order valence-electron chi connectivity index (χ4n) is 0.131. The molecule has 0 aromatic carbocycles. The molecule has 8 heavy (non-hydrogen) atoms. The van der Waals surface area contributed by atoms with Gasteiger partial charge in [0.25, 0.3) is 0 Å². The Morgan fingerprint density at radius 2 is 2.38 bits per heavy atom. The first kappa shape index (κ1) is 10.8. The molecule has 5 nitrogen and oxygen atoms in total. The maximum absolute atomic E-state index is 9.10. The summed E-state index contributed by atoms with van der Waals surface area (Å²) in [5.74, 6) is 0. The van der Waals surface area contributed by atoms with E-state index in [0.717, 1.165) is 0 Å². The van der Waals surface area contributed by atoms with E-state index in [1.165, 1.54) is 0 Å². The molecule has 0 aromatic heterocycles. The van der Waals surface area contributed by atoms with Gasteiger partial charge in [-0.15, -0.1) is 10.4 Å². The molecule has 0 rings (SSSR count). The number of rotatable bonds is 4. The molecule has 0 aliphatic heterocycles. The van der Waals surface area contributed by atoms with E-state index in [-0.39, 0.29) is 19.5 Å². The van der Waals surface area contributed by atoms with Crippen molar-refractivity contribution in [1.29, 1.82) is 0 Å². The van der Waals surface area contributed by atoms with Gasteiger partial charge in [-0.25, -0.2) is 0 Å². The third-order valence-electron chi connectivity index (χ3n) is 0.348. The summed E-state index contributed by atoms with van der Waals surface area (Å²) in [7, 11) is 0. The fourth-order valence-corrected chi connectivity index (χ4v) is 0.131. The molecule has 0 spiro atoms. The predicted octanol–water partition coefficient (Wildman–Crippen LogP) is -0.855. The number of nitrogens with zero attached hydrogens (tertiary/aromatic N) is 1. The molecule has 0 unspecified atom stereocenters. The third kappa shape index (κ3) is 9.34. The van der Waals surface area contributed by atoms with Crippen LogP contribution in [0.1, 0.15) is 0 Å². The molecule has 0 amide bonds. The van der Waals surface area contributed by atoms with Crippen LogP contribution in [0, 0.1) is 4.91 Å². The molecule has 0 fully saturated rings. The van der Waals surface area contributed by atoms with Gasteiger partial charge in [-0.3, -0.25) is 4.94 Å². The van der Waals surface area contributed by atoms with Crippen LogP contribution in [0.5, 0.6) is 0 Å². The van der Waals surface area contributed by atoms with E-state index in [1.54, 1.807) is 0 Å². The van der Waals surface area contributed by atoms with Crippen molar-refractivity contribution in [3.63, 3.8) is 0 Å². The molecular formula is C2H7N3O2Ru. The molecule has 0 aliphatic rings. The zero-order valence-corrected chi connectivity index (χ0v) is 5.85. The van der Waals surface area contributed by atoms with Gasteiger partial charge in [0.15, 0.2) is 5.34 Å². The summed E-state index contributed by atoms with van der Waals surface area (Å²) < 4.78 is 0. The Balaban J connectivity index is 0. The van der Waals surface area contributed by atoms with E-state index >= 15 is 0 Å². The first-order chi connectivity index (χ1) is 3.41. The quantitative estimate of drug-likeness (QED) is 0.272. The molecule has 6 heteroatoms. The van der Waals surface area contributed by atoms with Crippen LogP contribution in [0.15, 0.2) is 5.34 Å². The Hall–Kier alpha value is -0.0566. The average molecular weight is 206 g/mol. The van der Waals surface area contributed by atoms with Crippen molar-refractivity contribution in [2.45, 2.75) is 0 Å². The molecule has 0 aliphatic carbocycles. The maximum atomic E-state index is 9.10. The van der Waals surface area contributed by atoms with E-state index in [0.29, 0.717) is 13.1 Å². The Kier molecular flexibility index (Phi) is 13.6. The Morgan fingerprint density at radius 1 is 1.75 bits per heavy atom. The van der Waals surface area contributed by atoms with Crippen molar-refractivity contribution < 1.29 is 24.4 Å². The number of nitrogens with two attached hydrogens (primary N) is 1. The van der Waals surface area contributed by atoms with Gasteiger partial charge in [0.2, 0.25) is 0 Å². The molecular weight excluding hydrogens is 199 g/mol. The summed E-state index contributed by atoms with van der Waals surface area (Å²) >= 11 is 0. The normalized spacial score (nSPS) is 7.12. The number of hydroxylamine groups is 1. The van der Waals surface area contributed by atoms with Crippen molar-refractivity contribution in [2.24, 2.45) is 11.1 Å². The van der Waals surface area contributed by atoms with Crippen LogP contribution >= 0.6 is 0 Å². The van der Waals surface area contributed by atoms with Gasteiger partial charge in [-0.2, -0.15) is 0 Å². The second-order valence-electron chi connectivity index (χ2n) is 0.849. The van der Waals surface area contributed by atoms with Crippen LogP contribution in [0.2, 0.25) is 0 Å². The van der Waals surface area contributed by atoms with Gasteiger partial charge in [-0.05, 0) is 0 Å². The summed E-state index contributed by atoms with van der Waals surface area (Å²) in [6.07, 6.45) is 0. The van der Waals surface area contributed by atoms with Crippen LogP contribution in [0.25, 0.3) is 0 Å². The summed E-state index contributed by atoms with van der Waals surface area (Å²) in [4.78, 5) is 12.9. The molecule has 0 saturated heterocycles. The summed E-state index contributed by atoms with van der Waals surface area (Å²) in [6, 6.07) is 0. The smallest absolute Gasteiger partial charge is 0.176 e. The minimum absolute atomic E-state index is 0. The second-order valence-corrected chi connectivity index (χ2v) is 0.849. The van der Waals surface area contributed by atoms with Gasteiger partial charge in [0, 0.05) is 32.6 Å². The van der Waals surface area contributed by atoms with Crippen LogP contribution in [-0.2, 0) is 24.4 Å². The number of hydrogen-bond acceptors (Lipinski definition) is 5. The van der Waals surface area contributed by atoms with Crippen molar-refractivity contribution in [3.8, 4) is 0 Å². The van der Waals surface area contributed by atoms with Gasteiger partial charge in [-0.1, -0.05) is 0 Å². The fraction of sp³-hybridized carbons (Fsp3) is 1.00. The number of nitrogens with one attached hydrogen (secondary N) is 1. The Bertz CT molecular complexity index is 52.5. The van der Waals surface area contributed by atoms with E-state index in [4.69, 9.17) is 10.6 Å². The molecule has 50 valence electrons. The molecule has 0 bridgehead atoms. The largest absolute Gasteiger partial charge is 0.329 e. The topological polar surface area (TPSA) is 76.7 Å². The van der Waals surface area contributed by atoms with Gasteiger partial charge >= 0.3 is 0 Å². The van der Waals surface area contributed by atoms with E-state index < -0.39 is 0 Å². The average Bonchev–Trinajstić information content (AvgIpc) is 1.69. The van der Waals surface area contributed by atoms with Crippen molar-refractivity contribution >= 4 is 0 Å². The monoisotopic (exact) mass is 207 g/mol. The molecule has 0 saturated carbocycles. The molecule has 0 radical (unpaired) electrons. The summed E-state index contributed by atoms with van der Waals surface area (Å²) in [5.41, 5.74) is 7.16. The molecule has 0 aromatic rings. The van der Waals surface area contributed by atoms with Crippen LogP contribution < -0.4 is 11.2 Å². The van der Waals surface area contributed by atoms with Gasteiger partial charge in [0.1, 0.15) is 0 Å². The van der Waals surface area contributed by atoms with E-state index in [9.17, 15) is 0 Å². The SMILES string of the molecule is NCCNON=O.[Ru]. The van der Waals surface area contributed by atoms with Gasteiger partial charge in [0.05, 0.1) is 0 Å². The second kappa shape index (κ2) is 10.0. The zero-order chi connectivity index (χ0) is 5.54. The summed E-state index contributed by atoms with van der Waals surface area (Å²) in [6.45, 7) is 0.862. The first-order valence-corrected chi connectivity index (χ1v) is 1.83. The summed E-state index contributed by atoms with van der Waals surface area (Å²) in [5, 5.41) is 2.06. The minimum Gasteiger partial charge on any atom is -0.329 e. The van der Waals surface area contributed by atoms with Gasteiger partial charge < -0.3 is 5.73 Å². The predicted molar refractivity (Wildman–Crippen MR) is 23.9 cm³/mol. The van der Waals surface area contributed by atoms with E-state index in [2.05, 4.69) is 15.8 Å². The Morgan fingerprint density at radius 3 is 2.75 bits per heavy atom. The van der Waals surface area contributed by atoms with Crippen LogP contribution in [0.4, 0.5) is 0 Å². The molecule has 0 heterocycles. The zero-order valence-electron chi connectivity index (χ0n) is 4.11. The first-order valence-electron chi connectivity index (χ1n) is 1.83.